The molecule has 0 atom stereocenters. The first-order chi connectivity index (χ1) is 15.2. The molecule has 2 aromatic carbocycles. The molecule has 0 radical (unpaired) electrons. The summed E-state index contributed by atoms with van der Waals surface area (Å²) in [4.78, 5) is 28.8. The predicted octanol–water partition coefficient (Wildman–Crippen LogP) is 5.59. The van der Waals surface area contributed by atoms with Gasteiger partial charge >= 0.3 is 0 Å². The highest BCUT2D eigenvalue weighted by atomic mass is 16.2. The van der Waals surface area contributed by atoms with E-state index < -0.39 is 0 Å². The lowest BCUT2D eigenvalue weighted by Gasteiger charge is -2.35. The quantitative estimate of drug-likeness (QED) is 0.441. The Labute approximate surface area is 183 Å². The SMILES string of the molecule is O=C1c2ccccc2C(=O)N1CCCCCCN1C2=CC=CCC2=Cc2ccccc21. The van der Waals surface area contributed by atoms with Crippen LogP contribution in [-0.4, -0.2) is 29.8 Å². The van der Waals surface area contributed by atoms with Crippen LogP contribution < -0.4 is 4.90 Å². The van der Waals surface area contributed by atoms with E-state index in [1.165, 1.54) is 27.4 Å². The van der Waals surface area contributed by atoms with Crippen molar-refractivity contribution in [2.24, 2.45) is 0 Å². The van der Waals surface area contributed by atoms with E-state index in [9.17, 15) is 9.59 Å². The number of hydrogen-bond donors (Lipinski definition) is 0. The molecular formula is C27H26N2O2. The third-order valence-corrected chi connectivity index (χ3v) is 6.30. The summed E-state index contributed by atoms with van der Waals surface area (Å²) in [6, 6.07) is 15.7. The highest BCUT2D eigenvalue weighted by molar-refractivity contribution is 6.21. The van der Waals surface area contributed by atoms with Crippen LogP contribution in [0.2, 0.25) is 0 Å². The summed E-state index contributed by atoms with van der Waals surface area (Å²) in [5.74, 6) is -0.302. The molecule has 0 saturated carbocycles. The summed E-state index contributed by atoms with van der Waals surface area (Å²) >= 11 is 0. The van der Waals surface area contributed by atoms with Gasteiger partial charge in [-0.15, -0.1) is 0 Å². The van der Waals surface area contributed by atoms with E-state index in [0.717, 1.165) is 38.6 Å². The molecule has 0 spiro atoms. The molecule has 0 bridgehead atoms. The summed E-state index contributed by atoms with van der Waals surface area (Å²) in [5, 5.41) is 0. The van der Waals surface area contributed by atoms with E-state index in [1.807, 2.05) is 12.1 Å². The maximum Gasteiger partial charge on any atom is 0.261 e. The van der Waals surface area contributed by atoms with Crippen LogP contribution in [0.5, 0.6) is 0 Å². The molecule has 4 heteroatoms. The third kappa shape index (κ3) is 3.63. The van der Waals surface area contributed by atoms with Crippen molar-refractivity contribution in [2.45, 2.75) is 32.1 Å². The highest BCUT2D eigenvalue weighted by Crippen LogP contribution is 2.37. The maximum absolute atomic E-state index is 12.5. The zero-order chi connectivity index (χ0) is 21.2. The van der Waals surface area contributed by atoms with Gasteiger partial charge in [0, 0.05) is 24.5 Å². The lowest BCUT2D eigenvalue weighted by molar-refractivity contribution is 0.0651. The zero-order valence-electron chi connectivity index (χ0n) is 17.6. The van der Waals surface area contributed by atoms with E-state index in [-0.39, 0.29) is 11.8 Å². The second-order valence-corrected chi connectivity index (χ2v) is 8.29. The normalized spacial score (nSPS) is 16.6. The van der Waals surface area contributed by atoms with E-state index in [0.29, 0.717) is 17.7 Å². The van der Waals surface area contributed by atoms with Gasteiger partial charge in [-0.1, -0.05) is 55.3 Å². The first-order valence-electron chi connectivity index (χ1n) is 11.1. The minimum absolute atomic E-state index is 0.151. The van der Waals surface area contributed by atoms with E-state index in [2.05, 4.69) is 53.5 Å². The predicted molar refractivity (Wildman–Crippen MR) is 124 cm³/mol. The molecule has 0 N–H and O–H groups in total. The van der Waals surface area contributed by atoms with Crippen molar-refractivity contribution >= 4 is 23.6 Å². The van der Waals surface area contributed by atoms with Crippen molar-refractivity contribution in [3.63, 3.8) is 0 Å². The van der Waals surface area contributed by atoms with Gasteiger partial charge in [-0.2, -0.15) is 0 Å². The van der Waals surface area contributed by atoms with Crippen molar-refractivity contribution in [1.29, 1.82) is 0 Å². The van der Waals surface area contributed by atoms with Crippen LogP contribution >= 0.6 is 0 Å². The number of para-hydroxylation sites is 1. The molecule has 2 aliphatic heterocycles. The largest absolute Gasteiger partial charge is 0.341 e. The average Bonchev–Trinajstić information content (AvgIpc) is 3.05. The van der Waals surface area contributed by atoms with Crippen molar-refractivity contribution in [1.82, 2.24) is 4.90 Å². The Kier molecular flexibility index (Phi) is 5.29. The fraction of sp³-hybridized carbons (Fsp3) is 0.259. The van der Waals surface area contributed by atoms with Crippen molar-refractivity contribution in [3.8, 4) is 0 Å². The van der Waals surface area contributed by atoms with Gasteiger partial charge in [0.1, 0.15) is 0 Å². The molecule has 4 nitrogen and oxygen atoms in total. The number of imide groups is 1. The van der Waals surface area contributed by atoms with Gasteiger partial charge in [-0.25, -0.2) is 0 Å². The van der Waals surface area contributed by atoms with Gasteiger partial charge in [0.05, 0.1) is 11.1 Å². The number of carbonyl (C=O) groups is 2. The molecule has 1 aliphatic carbocycles. The van der Waals surface area contributed by atoms with E-state index in [1.54, 1.807) is 12.1 Å². The molecule has 2 aromatic rings. The number of fused-ring (bicyclic) bond motifs is 3. The van der Waals surface area contributed by atoms with Gasteiger partial charge in [-0.05, 0) is 60.8 Å². The molecule has 3 aliphatic rings. The molecule has 2 amide bonds. The van der Waals surface area contributed by atoms with Gasteiger partial charge < -0.3 is 4.90 Å². The number of unbranched alkanes of at least 4 members (excludes halogenated alkanes) is 3. The molecule has 2 heterocycles. The van der Waals surface area contributed by atoms with Crippen molar-refractivity contribution in [3.05, 3.63) is 94.7 Å². The lowest BCUT2D eigenvalue weighted by Crippen LogP contribution is -2.30. The summed E-state index contributed by atoms with van der Waals surface area (Å²) in [6.07, 6.45) is 13.9. The fourth-order valence-corrected chi connectivity index (χ4v) is 4.71. The average molecular weight is 411 g/mol. The number of rotatable bonds is 7. The maximum atomic E-state index is 12.5. The molecule has 0 fully saturated rings. The number of carbonyl (C=O) groups excluding carboxylic acids is 2. The summed E-state index contributed by atoms with van der Waals surface area (Å²) < 4.78 is 0. The molecule has 0 aromatic heterocycles. The van der Waals surface area contributed by atoms with Crippen molar-refractivity contribution in [2.75, 3.05) is 18.0 Å². The van der Waals surface area contributed by atoms with Gasteiger partial charge in [0.2, 0.25) is 0 Å². The summed E-state index contributed by atoms with van der Waals surface area (Å²) in [6.45, 7) is 1.47. The third-order valence-electron chi connectivity index (χ3n) is 6.30. The minimum Gasteiger partial charge on any atom is -0.341 e. The van der Waals surface area contributed by atoms with Crippen LogP contribution in [0.1, 0.15) is 58.4 Å². The van der Waals surface area contributed by atoms with Crippen LogP contribution in [0.3, 0.4) is 0 Å². The molecule has 156 valence electrons. The molecule has 31 heavy (non-hydrogen) atoms. The number of allylic oxidation sites excluding steroid dienone is 4. The fourth-order valence-electron chi connectivity index (χ4n) is 4.71. The Morgan fingerprint density at radius 1 is 0.742 bits per heavy atom. The minimum atomic E-state index is -0.151. The van der Waals surface area contributed by atoms with Gasteiger partial charge in [0.15, 0.2) is 0 Å². The van der Waals surface area contributed by atoms with E-state index >= 15 is 0 Å². The highest BCUT2D eigenvalue weighted by Gasteiger charge is 2.34. The summed E-state index contributed by atoms with van der Waals surface area (Å²) in [5.41, 5.74) is 6.33. The zero-order valence-corrected chi connectivity index (χ0v) is 17.6. The van der Waals surface area contributed by atoms with Crippen LogP contribution in [0.25, 0.3) is 6.08 Å². The topological polar surface area (TPSA) is 40.6 Å². The Morgan fingerprint density at radius 2 is 1.39 bits per heavy atom. The summed E-state index contributed by atoms with van der Waals surface area (Å²) in [7, 11) is 0. The van der Waals surface area contributed by atoms with E-state index in [4.69, 9.17) is 0 Å². The first-order valence-corrected chi connectivity index (χ1v) is 11.1. The Hall–Kier alpha value is -3.40. The molecular weight excluding hydrogens is 384 g/mol. The van der Waals surface area contributed by atoms with Crippen LogP contribution in [0, 0.1) is 0 Å². The second kappa shape index (κ2) is 8.38. The monoisotopic (exact) mass is 410 g/mol. The Bertz CT molecular complexity index is 1090. The van der Waals surface area contributed by atoms with Gasteiger partial charge in [0.25, 0.3) is 11.8 Å². The van der Waals surface area contributed by atoms with Crippen molar-refractivity contribution < 1.29 is 9.59 Å². The Balaban J connectivity index is 1.14. The second-order valence-electron chi connectivity index (χ2n) is 8.29. The lowest BCUT2D eigenvalue weighted by atomic mass is 9.94. The van der Waals surface area contributed by atoms with Crippen LogP contribution in [0.15, 0.2) is 78.0 Å². The number of anilines is 1. The van der Waals surface area contributed by atoms with Crippen LogP contribution in [0.4, 0.5) is 5.69 Å². The van der Waals surface area contributed by atoms with Crippen LogP contribution in [-0.2, 0) is 0 Å². The molecule has 0 saturated heterocycles. The standard InChI is InChI=1S/C27H26N2O2/c30-26-22-13-5-6-14-23(22)27(31)29(26)18-10-2-1-9-17-28-24-15-7-3-11-20(24)19-21-12-4-8-16-25(21)28/h3-8,11,13-16,19H,1-2,9-10,12,17-18H2. The number of benzene rings is 2. The van der Waals surface area contributed by atoms with Gasteiger partial charge in [-0.3, -0.25) is 14.5 Å². The smallest absolute Gasteiger partial charge is 0.261 e. The number of nitrogens with zero attached hydrogens (tertiary/aromatic N) is 2. The number of hydrogen-bond acceptors (Lipinski definition) is 3. The molecule has 5 rings (SSSR count). The molecule has 0 unspecified atom stereocenters. The Morgan fingerprint density at radius 3 is 2.13 bits per heavy atom. The number of amides is 2. The first kappa shape index (κ1) is 19.6.